The summed E-state index contributed by atoms with van der Waals surface area (Å²) in [6.45, 7) is 9.10. The van der Waals surface area contributed by atoms with Gasteiger partial charge in [0.05, 0.1) is 5.39 Å². The van der Waals surface area contributed by atoms with E-state index in [2.05, 4.69) is 52.0 Å². The highest BCUT2D eigenvalue weighted by atomic mass is 16.4. The van der Waals surface area contributed by atoms with Crippen LogP contribution in [0.2, 0.25) is 0 Å². The molecule has 0 radical (unpaired) electrons. The molecule has 1 aliphatic carbocycles. The van der Waals surface area contributed by atoms with Gasteiger partial charge in [0.15, 0.2) is 17.3 Å². The molecule has 0 spiro atoms. The summed E-state index contributed by atoms with van der Waals surface area (Å²) in [7, 11) is 0. The highest BCUT2D eigenvalue weighted by Gasteiger charge is 2.17. The van der Waals surface area contributed by atoms with Crippen LogP contribution in [0.1, 0.15) is 53.4 Å². The minimum atomic E-state index is -0.654. The maximum atomic E-state index is 12.1. The number of hydrogen-bond donors (Lipinski definition) is 4. The van der Waals surface area contributed by atoms with E-state index in [4.69, 9.17) is 4.42 Å². The van der Waals surface area contributed by atoms with Gasteiger partial charge >= 0.3 is 0 Å². The van der Waals surface area contributed by atoms with E-state index in [1.165, 1.54) is 54.3 Å². The van der Waals surface area contributed by atoms with Crippen molar-refractivity contribution in [2.45, 2.75) is 53.4 Å². The number of fused-ring (bicyclic) bond motifs is 1. The minimum Gasteiger partial charge on any atom is -0.508 e. The van der Waals surface area contributed by atoms with E-state index in [0.717, 1.165) is 18.9 Å². The number of phenols is 3. The van der Waals surface area contributed by atoms with Crippen molar-refractivity contribution >= 4 is 11.0 Å². The molecule has 0 aliphatic heterocycles. The average Bonchev–Trinajstić information content (AvgIpc) is 2.84. The van der Waals surface area contributed by atoms with Gasteiger partial charge in [0, 0.05) is 11.6 Å². The fraction of sp³-hybridized carbons (Fsp3) is 0.300. The second-order valence-corrected chi connectivity index (χ2v) is 9.93. The second kappa shape index (κ2) is 11.2. The smallest absolute Gasteiger partial charge is 0.235 e. The van der Waals surface area contributed by atoms with Crippen LogP contribution >= 0.6 is 0 Å². The summed E-state index contributed by atoms with van der Waals surface area (Å²) in [6.07, 6.45) is 14.1. The summed E-state index contributed by atoms with van der Waals surface area (Å²) < 4.78 is 5.43. The van der Waals surface area contributed by atoms with E-state index >= 15 is 0 Å². The monoisotopic (exact) mass is 490 g/mol. The Morgan fingerprint density at radius 2 is 1.64 bits per heavy atom. The molecule has 190 valence electrons. The largest absolute Gasteiger partial charge is 0.508 e. The predicted octanol–water partition coefficient (Wildman–Crippen LogP) is 7.32. The van der Waals surface area contributed by atoms with Crippen molar-refractivity contribution in [3.8, 4) is 34.3 Å². The third-order valence-corrected chi connectivity index (χ3v) is 6.11. The average molecular weight is 491 g/mol. The number of hydrogen-bond acceptors (Lipinski definition) is 6. The second-order valence-electron chi connectivity index (χ2n) is 9.93. The van der Waals surface area contributed by atoms with Gasteiger partial charge in [-0.25, -0.2) is 0 Å². The summed E-state index contributed by atoms with van der Waals surface area (Å²) in [5, 5.41) is 38.3. The third kappa shape index (κ3) is 6.81. The highest BCUT2D eigenvalue weighted by Crippen LogP contribution is 2.35. The summed E-state index contributed by atoms with van der Waals surface area (Å²) in [5.74, 6) is -1.60. The molecule has 1 aromatic heterocycles. The molecule has 0 amide bonds. The van der Waals surface area contributed by atoms with Crippen LogP contribution in [-0.2, 0) is 0 Å². The van der Waals surface area contributed by atoms with E-state index in [0.29, 0.717) is 5.41 Å². The van der Waals surface area contributed by atoms with Gasteiger partial charge in [-0.15, -0.1) is 0 Å². The lowest BCUT2D eigenvalue weighted by atomic mass is 9.87. The molecule has 0 saturated carbocycles. The normalized spacial score (nSPS) is 15.8. The van der Waals surface area contributed by atoms with Gasteiger partial charge in [-0.1, -0.05) is 49.3 Å². The van der Waals surface area contributed by atoms with Crippen molar-refractivity contribution in [2.24, 2.45) is 5.41 Å². The summed E-state index contributed by atoms with van der Waals surface area (Å²) in [4.78, 5) is 12.1. The van der Waals surface area contributed by atoms with Gasteiger partial charge in [-0.2, -0.15) is 0 Å². The molecule has 0 bridgehead atoms. The van der Waals surface area contributed by atoms with Crippen molar-refractivity contribution < 1.29 is 24.8 Å². The molecule has 2 aromatic carbocycles. The van der Waals surface area contributed by atoms with Gasteiger partial charge in [-0.3, -0.25) is 4.79 Å². The van der Waals surface area contributed by atoms with E-state index in [-0.39, 0.29) is 33.8 Å². The first-order valence-electron chi connectivity index (χ1n) is 12.0. The SMILES string of the molecule is CC1=CCCC(C)=CCC(C)(C)C=CC1.O=c1c(O)c(-c2ccc(O)c(O)c2)oc2cc(O)ccc12. The molecular weight excluding hydrogens is 456 g/mol. The van der Waals surface area contributed by atoms with Crippen molar-refractivity contribution in [1.82, 2.24) is 0 Å². The van der Waals surface area contributed by atoms with Crippen molar-refractivity contribution in [2.75, 3.05) is 0 Å². The highest BCUT2D eigenvalue weighted by molar-refractivity contribution is 5.83. The first-order chi connectivity index (χ1) is 17.0. The fourth-order valence-electron chi connectivity index (χ4n) is 3.83. The Labute approximate surface area is 211 Å². The number of benzene rings is 2. The molecule has 4 N–H and O–H groups in total. The lowest BCUT2D eigenvalue weighted by Crippen LogP contribution is -2.05. The molecule has 0 atom stereocenters. The molecule has 0 fully saturated rings. The van der Waals surface area contributed by atoms with Crippen LogP contribution in [0.25, 0.3) is 22.3 Å². The van der Waals surface area contributed by atoms with Crippen LogP contribution in [-0.4, -0.2) is 20.4 Å². The predicted molar refractivity (Wildman–Crippen MR) is 143 cm³/mol. The Morgan fingerprint density at radius 1 is 0.889 bits per heavy atom. The van der Waals surface area contributed by atoms with Gasteiger partial charge in [0.2, 0.25) is 11.2 Å². The van der Waals surface area contributed by atoms with E-state index < -0.39 is 16.9 Å². The zero-order valence-electron chi connectivity index (χ0n) is 21.2. The van der Waals surface area contributed by atoms with Gasteiger partial charge in [-0.05, 0) is 75.3 Å². The van der Waals surface area contributed by atoms with Crippen LogP contribution in [0.5, 0.6) is 23.0 Å². The topological polar surface area (TPSA) is 111 Å². The van der Waals surface area contributed by atoms with Crippen molar-refractivity contribution in [3.05, 3.63) is 82.1 Å². The lowest BCUT2D eigenvalue weighted by molar-refractivity contribution is 0.403. The lowest BCUT2D eigenvalue weighted by Gasteiger charge is -2.18. The number of allylic oxidation sites excluding steroid dienone is 6. The number of aromatic hydroxyl groups is 4. The molecule has 36 heavy (non-hydrogen) atoms. The van der Waals surface area contributed by atoms with E-state index in [9.17, 15) is 25.2 Å². The fourth-order valence-corrected chi connectivity index (χ4v) is 3.83. The molecule has 0 saturated heterocycles. The molecule has 1 heterocycles. The standard InChI is InChI=1S/C15H10O6.C15H24/c16-8-2-3-9-12(6-8)21-15(14(20)13(9)19)7-1-4-10(17)11(18)5-7;1-13-7-5-8-14(2)10-12-15(3,4)11-6-9-13/h1-6,16-18,20H;6-7,10-11H,5,8-9,12H2,1-4H3. The van der Waals surface area contributed by atoms with Crippen LogP contribution in [0, 0.1) is 5.41 Å². The minimum absolute atomic E-state index is 0.0872. The van der Waals surface area contributed by atoms with Gasteiger partial charge < -0.3 is 24.8 Å². The van der Waals surface area contributed by atoms with E-state index in [1.807, 2.05) is 0 Å². The summed E-state index contributed by atoms with van der Waals surface area (Å²) >= 11 is 0. The Kier molecular flexibility index (Phi) is 8.30. The van der Waals surface area contributed by atoms with Crippen molar-refractivity contribution in [3.63, 3.8) is 0 Å². The van der Waals surface area contributed by atoms with Crippen LogP contribution < -0.4 is 5.43 Å². The summed E-state index contributed by atoms with van der Waals surface area (Å²) in [5.41, 5.74) is 3.00. The zero-order valence-corrected chi connectivity index (χ0v) is 21.2. The van der Waals surface area contributed by atoms with Crippen LogP contribution in [0.3, 0.4) is 0 Å². The first-order valence-corrected chi connectivity index (χ1v) is 12.0. The Bertz CT molecular complexity index is 1390. The molecule has 6 heteroatoms. The molecule has 0 unspecified atom stereocenters. The Hall–Kier alpha value is -3.93. The first kappa shape index (κ1) is 26.7. The number of phenolic OH excluding ortho intramolecular Hbond substituents is 3. The number of rotatable bonds is 1. The molecule has 6 nitrogen and oxygen atoms in total. The van der Waals surface area contributed by atoms with E-state index in [1.54, 1.807) is 0 Å². The van der Waals surface area contributed by atoms with Crippen LogP contribution in [0.15, 0.2) is 81.1 Å². The van der Waals surface area contributed by atoms with Gasteiger partial charge in [0.25, 0.3) is 0 Å². The Morgan fingerprint density at radius 3 is 2.36 bits per heavy atom. The Balaban J connectivity index is 0.000000214. The molecular formula is C30H34O6. The summed E-state index contributed by atoms with van der Waals surface area (Å²) in [6, 6.07) is 7.64. The molecule has 4 rings (SSSR count). The maximum absolute atomic E-state index is 12.1. The van der Waals surface area contributed by atoms with Crippen molar-refractivity contribution in [1.29, 1.82) is 0 Å². The van der Waals surface area contributed by atoms with Crippen LogP contribution in [0.4, 0.5) is 0 Å². The van der Waals surface area contributed by atoms with Gasteiger partial charge in [0.1, 0.15) is 11.3 Å². The molecule has 3 aromatic rings. The molecule has 1 aliphatic rings. The zero-order chi connectivity index (χ0) is 26.5. The quantitative estimate of drug-likeness (QED) is 0.210. The maximum Gasteiger partial charge on any atom is 0.235 e. The third-order valence-electron chi connectivity index (χ3n) is 6.11.